The van der Waals surface area contributed by atoms with Gasteiger partial charge in [-0.1, -0.05) is 192 Å². The predicted molar refractivity (Wildman–Crippen MR) is 241 cm³/mol. The molecule has 3 atom stereocenters. The fraction of sp³-hybridized carbons (Fsp3) is 0.840. The van der Waals surface area contributed by atoms with Gasteiger partial charge in [-0.25, -0.2) is 0 Å². The average Bonchev–Trinajstić information content (AvgIpc) is 3.19. The van der Waals surface area contributed by atoms with Crippen LogP contribution in [0, 0.1) is 0 Å². The number of rotatable bonds is 43. The van der Waals surface area contributed by atoms with Crippen molar-refractivity contribution in [2.45, 2.75) is 264 Å². The summed E-state index contributed by atoms with van der Waals surface area (Å²) < 4.78 is 5.90. The molecule has 0 rings (SSSR count). The number of allylic oxidation sites excluding steroid dienone is 6. The minimum Gasteiger partial charge on any atom is -0.462 e. The number of nitrogens with one attached hydrogen (secondary N) is 1. The van der Waals surface area contributed by atoms with Gasteiger partial charge < -0.3 is 20.3 Å². The molecule has 0 aromatic rings. The van der Waals surface area contributed by atoms with Crippen LogP contribution in [0.2, 0.25) is 0 Å². The number of amides is 1. The summed E-state index contributed by atoms with van der Waals surface area (Å²) in [4.78, 5) is 26.0. The maximum atomic E-state index is 13.1. The molecule has 6 heteroatoms. The van der Waals surface area contributed by atoms with Crippen molar-refractivity contribution in [2.24, 2.45) is 0 Å². The van der Waals surface area contributed by atoms with Crippen LogP contribution in [-0.4, -0.2) is 46.9 Å². The summed E-state index contributed by atoms with van der Waals surface area (Å²) >= 11 is 0. The van der Waals surface area contributed by atoms with Gasteiger partial charge in [0.15, 0.2) is 0 Å². The van der Waals surface area contributed by atoms with Gasteiger partial charge in [-0.2, -0.15) is 0 Å². The summed E-state index contributed by atoms with van der Waals surface area (Å²) in [7, 11) is 0. The molecule has 56 heavy (non-hydrogen) atoms. The molecule has 0 saturated carbocycles. The number of ether oxygens (including phenoxy) is 1. The second-order valence-corrected chi connectivity index (χ2v) is 16.5. The average molecular weight is 788 g/mol. The molecule has 0 aliphatic heterocycles. The Morgan fingerprint density at radius 1 is 0.536 bits per heavy atom. The number of unbranched alkanes of at least 4 members (excludes halogenated alkanes) is 25. The second-order valence-electron chi connectivity index (χ2n) is 16.5. The minimum absolute atomic E-state index is 0.0637. The topological polar surface area (TPSA) is 95.9 Å². The van der Waals surface area contributed by atoms with E-state index < -0.39 is 18.2 Å². The van der Waals surface area contributed by atoms with Gasteiger partial charge in [-0.15, -0.1) is 0 Å². The Kier molecular flexibility index (Phi) is 42.7. The van der Waals surface area contributed by atoms with Gasteiger partial charge in [0, 0.05) is 6.42 Å². The van der Waals surface area contributed by atoms with Crippen molar-refractivity contribution in [3.8, 4) is 0 Å². The van der Waals surface area contributed by atoms with Gasteiger partial charge in [-0.05, 0) is 77.0 Å². The molecular formula is C50H93NO5. The van der Waals surface area contributed by atoms with Gasteiger partial charge in [-0.3, -0.25) is 9.59 Å². The molecule has 0 bridgehead atoms. The number of carbonyl (C=O) groups is 2. The Bertz CT molecular complexity index is 930. The molecule has 0 spiro atoms. The van der Waals surface area contributed by atoms with Crippen LogP contribution >= 0.6 is 0 Å². The van der Waals surface area contributed by atoms with Gasteiger partial charge >= 0.3 is 5.97 Å². The second kappa shape index (κ2) is 44.2. The summed E-state index contributed by atoms with van der Waals surface area (Å²) in [6.45, 7) is 6.36. The van der Waals surface area contributed by atoms with Crippen LogP contribution in [-0.2, 0) is 14.3 Å². The molecule has 3 unspecified atom stereocenters. The van der Waals surface area contributed by atoms with Crippen LogP contribution in [0.1, 0.15) is 245 Å². The molecule has 3 N–H and O–H groups in total. The quantitative estimate of drug-likeness (QED) is 0.0325. The minimum atomic E-state index is -0.790. The largest absolute Gasteiger partial charge is 0.462 e. The molecule has 6 nitrogen and oxygen atoms in total. The van der Waals surface area contributed by atoms with Crippen LogP contribution in [0.3, 0.4) is 0 Å². The molecule has 0 radical (unpaired) electrons. The van der Waals surface area contributed by atoms with Crippen molar-refractivity contribution in [2.75, 3.05) is 6.61 Å². The Labute approximate surface area is 347 Å². The Morgan fingerprint density at radius 2 is 0.964 bits per heavy atom. The highest BCUT2D eigenvalue weighted by molar-refractivity contribution is 5.77. The highest BCUT2D eigenvalue weighted by atomic mass is 16.5. The maximum absolute atomic E-state index is 13.1. The van der Waals surface area contributed by atoms with E-state index >= 15 is 0 Å². The van der Waals surface area contributed by atoms with Crippen LogP contribution in [0.4, 0.5) is 0 Å². The summed E-state index contributed by atoms with van der Waals surface area (Å²) in [5.74, 6) is -0.503. The highest BCUT2D eigenvalue weighted by Gasteiger charge is 2.24. The van der Waals surface area contributed by atoms with Crippen LogP contribution < -0.4 is 5.32 Å². The number of aliphatic hydroxyl groups excluding tert-OH is 2. The smallest absolute Gasteiger partial charge is 0.306 e. The molecule has 0 aromatic carbocycles. The first kappa shape index (κ1) is 54.1. The predicted octanol–water partition coefficient (Wildman–Crippen LogP) is 14.1. The third-order valence-electron chi connectivity index (χ3n) is 11.0. The van der Waals surface area contributed by atoms with Crippen LogP contribution in [0.25, 0.3) is 0 Å². The lowest BCUT2D eigenvalue weighted by molar-refractivity contribution is -0.151. The van der Waals surface area contributed by atoms with E-state index in [-0.39, 0.29) is 24.9 Å². The Hall–Kier alpha value is -1.92. The molecule has 0 aliphatic rings. The molecule has 0 aliphatic carbocycles. The molecule has 0 fully saturated rings. The van der Waals surface area contributed by atoms with Gasteiger partial charge in [0.05, 0.1) is 25.2 Å². The standard InChI is InChI=1S/C50H93NO5/c1-4-7-10-13-16-19-22-24-25-28-31-34-37-40-43-50(55)56-46(41-38-35-32-29-27-23-20-17-14-11-8-5-2)44-49(54)51-47(45-52)48(53)42-39-36-33-30-26-21-18-15-12-9-6-3/h8,11,17,20,25,28,46-48,52-53H,4-7,9-10,12-16,18-19,21-24,26-27,29-45H2,1-3H3,(H,51,54)/b11-8+,20-17+,28-25-. The van der Waals surface area contributed by atoms with Crippen molar-refractivity contribution >= 4 is 11.9 Å². The van der Waals surface area contributed by atoms with Crippen LogP contribution in [0.15, 0.2) is 36.5 Å². The van der Waals surface area contributed by atoms with E-state index in [2.05, 4.69) is 62.5 Å². The summed E-state index contributed by atoms with van der Waals surface area (Å²) in [5.41, 5.74) is 0. The van der Waals surface area contributed by atoms with E-state index in [4.69, 9.17) is 4.74 Å². The van der Waals surface area contributed by atoms with E-state index in [1.165, 1.54) is 116 Å². The zero-order valence-corrected chi connectivity index (χ0v) is 37.3. The van der Waals surface area contributed by atoms with Gasteiger partial charge in [0.2, 0.25) is 5.91 Å². The summed E-state index contributed by atoms with van der Waals surface area (Å²) in [6, 6.07) is -0.705. The lowest BCUT2D eigenvalue weighted by Crippen LogP contribution is -2.46. The Balaban J connectivity index is 4.60. The first-order chi connectivity index (χ1) is 27.5. The molecule has 1 amide bonds. The third kappa shape index (κ3) is 38.9. The maximum Gasteiger partial charge on any atom is 0.306 e. The van der Waals surface area contributed by atoms with E-state index in [9.17, 15) is 19.8 Å². The molecule has 0 saturated heterocycles. The van der Waals surface area contributed by atoms with E-state index in [0.29, 0.717) is 19.3 Å². The van der Waals surface area contributed by atoms with E-state index in [1.54, 1.807) is 0 Å². The lowest BCUT2D eigenvalue weighted by atomic mass is 10.0. The molecule has 0 aromatic heterocycles. The zero-order valence-electron chi connectivity index (χ0n) is 37.3. The van der Waals surface area contributed by atoms with Crippen molar-refractivity contribution < 1.29 is 24.5 Å². The van der Waals surface area contributed by atoms with Gasteiger partial charge in [0.1, 0.15) is 6.10 Å². The summed E-state index contributed by atoms with van der Waals surface area (Å²) in [6.07, 6.45) is 50.6. The SMILES string of the molecule is CC/C=C/C/C=C/CCCCCCCC(CC(=O)NC(CO)C(O)CCCCCCCCCCCCC)OC(=O)CCCCC/C=C\CCCCCCCCC. The molecule has 328 valence electrons. The fourth-order valence-corrected chi connectivity index (χ4v) is 7.29. The Morgan fingerprint density at radius 3 is 1.46 bits per heavy atom. The van der Waals surface area contributed by atoms with E-state index in [0.717, 1.165) is 83.5 Å². The van der Waals surface area contributed by atoms with Crippen molar-refractivity contribution in [1.29, 1.82) is 0 Å². The number of esters is 1. The number of hydrogen-bond acceptors (Lipinski definition) is 5. The van der Waals surface area contributed by atoms with Crippen molar-refractivity contribution in [3.63, 3.8) is 0 Å². The zero-order chi connectivity index (χ0) is 41.0. The van der Waals surface area contributed by atoms with E-state index in [1.807, 2.05) is 0 Å². The lowest BCUT2D eigenvalue weighted by Gasteiger charge is -2.24. The normalized spacial score (nSPS) is 13.6. The first-order valence-corrected chi connectivity index (χ1v) is 24.2. The van der Waals surface area contributed by atoms with Gasteiger partial charge in [0.25, 0.3) is 0 Å². The molecule has 0 heterocycles. The first-order valence-electron chi connectivity index (χ1n) is 24.2. The third-order valence-corrected chi connectivity index (χ3v) is 11.0. The monoisotopic (exact) mass is 788 g/mol. The number of carbonyl (C=O) groups excluding carboxylic acids is 2. The van der Waals surface area contributed by atoms with Crippen molar-refractivity contribution in [1.82, 2.24) is 5.32 Å². The molecular weight excluding hydrogens is 695 g/mol. The number of aliphatic hydroxyl groups is 2. The number of hydrogen-bond donors (Lipinski definition) is 3. The highest BCUT2D eigenvalue weighted by Crippen LogP contribution is 2.17. The fourth-order valence-electron chi connectivity index (χ4n) is 7.29. The van der Waals surface area contributed by atoms with Crippen LogP contribution in [0.5, 0.6) is 0 Å². The van der Waals surface area contributed by atoms with Crippen molar-refractivity contribution in [3.05, 3.63) is 36.5 Å². The summed E-state index contributed by atoms with van der Waals surface area (Å²) in [5, 5.41) is 23.7.